The quantitative estimate of drug-likeness (QED) is 0.674. The lowest BCUT2D eigenvalue weighted by atomic mass is 10.1. The van der Waals surface area contributed by atoms with E-state index >= 15 is 0 Å². The molecule has 0 N–H and O–H groups in total. The van der Waals surface area contributed by atoms with Crippen molar-refractivity contribution in [3.63, 3.8) is 0 Å². The van der Waals surface area contributed by atoms with Crippen LogP contribution in [0.5, 0.6) is 5.75 Å². The monoisotopic (exact) mass is 396 g/mol. The molecule has 1 saturated heterocycles. The van der Waals surface area contributed by atoms with Gasteiger partial charge in [-0.3, -0.25) is 14.5 Å². The number of anilines is 1. The zero-order valence-corrected chi connectivity index (χ0v) is 17.4. The van der Waals surface area contributed by atoms with Gasteiger partial charge in [-0.15, -0.1) is 0 Å². The van der Waals surface area contributed by atoms with Crippen molar-refractivity contribution in [2.45, 2.75) is 13.8 Å². The first kappa shape index (κ1) is 20.0. The molecule has 1 aliphatic rings. The van der Waals surface area contributed by atoms with Crippen LogP contribution in [0.25, 0.3) is 6.08 Å². The molecule has 2 aromatic carbocycles. The molecule has 0 aliphatic carbocycles. The average molecular weight is 397 g/mol. The number of rotatable bonds is 6. The molecule has 0 aromatic heterocycles. The Bertz CT molecular complexity index is 920. The van der Waals surface area contributed by atoms with Gasteiger partial charge in [-0.25, -0.2) is 0 Å². The van der Waals surface area contributed by atoms with E-state index in [2.05, 4.69) is 0 Å². The van der Waals surface area contributed by atoms with Crippen LogP contribution >= 0.6 is 11.8 Å². The minimum absolute atomic E-state index is 0.231. The lowest BCUT2D eigenvalue weighted by molar-refractivity contribution is -0.123. The van der Waals surface area contributed by atoms with Crippen molar-refractivity contribution in [1.29, 1.82) is 0 Å². The zero-order valence-electron chi connectivity index (χ0n) is 16.6. The average Bonchev–Trinajstić information content (AvgIpc) is 2.92. The number of benzene rings is 2. The van der Waals surface area contributed by atoms with Crippen molar-refractivity contribution in [2.24, 2.45) is 0 Å². The van der Waals surface area contributed by atoms with Crippen LogP contribution in [0.15, 0.2) is 47.4 Å². The minimum atomic E-state index is -0.267. The van der Waals surface area contributed by atoms with Gasteiger partial charge in [0, 0.05) is 19.8 Å². The van der Waals surface area contributed by atoms with Gasteiger partial charge in [0.2, 0.25) is 0 Å². The van der Waals surface area contributed by atoms with E-state index in [1.807, 2.05) is 75.3 Å². The molecule has 0 radical (unpaired) electrons. The van der Waals surface area contributed by atoms with Crippen molar-refractivity contribution in [3.8, 4) is 5.75 Å². The molecule has 0 saturated carbocycles. The van der Waals surface area contributed by atoms with Gasteiger partial charge in [0.25, 0.3) is 11.1 Å². The van der Waals surface area contributed by atoms with Crippen molar-refractivity contribution in [1.82, 2.24) is 4.90 Å². The third-order valence-corrected chi connectivity index (χ3v) is 5.40. The van der Waals surface area contributed by atoms with E-state index in [0.29, 0.717) is 4.91 Å². The molecule has 0 spiro atoms. The van der Waals surface area contributed by atoms with Crippen molar-refractivity contribution in [3.05, 3.63) is 64.1 Å². The largest absolute Gasteiger partial charge is 0.491 e. The summed E-state index contributed by atoms with van der Waals surface area (Å²) in [5.74, 6) is 0.514. The number of carbonyl (C=O) groups excluding carboxylic acids is 2. The van der Waals surface area contributed by atoms with Gasteiger partial charge in [0.15, 0.2) is 0 Å². The molecule has 1 aliphatic heterocycles. The van der Waals surface area contributed by atoms with Gasteiger partial charge in [-0.1, -0.05) is 24.3 Å². The summed E-state index contributed by atoms with van der Waals surface area (Å²) < 4.78 is 5.79. The standard InChI is InChI=1S/C22H24N2O3S/c1-15-5-6-16(2)19(13-15)27-12-11-24-21(25)20(28-22(24)26)14-17-7-9-18(10-8-17)23(3)4/h5-10,13-14H,11-12H2,1-4H3/b20-14-. The van der Waals surface area contributed by atoms with Gasteiger partial charge in [0.1, 0.15) is 12.4 Å². The van der Waals surface area contributed by atoms with Gasteiger partial charge in [0.05, 0.1) is 11.4 Å². The first-order valence-corrected chi connectivity index (χ1v) is 9.89. The molecule has 146 valence electrons. The summed E-state index contributed by atoms with van der Waals surface area (Å²) in [5.41, 5.74) is 4.10. The highest BCUT2D eigenvalue weighted by Crippen LogP contribution is 2.32. The van der Waals surface area contributed by atoms with Crippen LogP contribution in [0.4, 0.5) is 10.5 Å². The van der Waals surface area contributed by atoms with Crippen LogP contribution in [-0.2, 0) is 4.79 Å². The van der Waals surface area contributed by atoms with Crippen LogP contribution < -0.4 is 9.64 Å². The summed E-state index contributed by atoms with van der Waals surface area (Å²) in [7, 11) is 3.95. The summed E-state index contributed by atoms with van der Waals surface area (Å²) in [6, 6.07) is 13.8. The number of carbonyl (C=O) groups is 2. The van der Waals surface area contributed by atoms with E-state index in [-0.39, 0.29) is 24.3 Å². The second kappa shape index (κ2) is 8.52. The fourth-order valence-corrected chi connectivity index (χ4v) is 3.69. The van der Waals surface area contributed by atoms with Gasteiger partial charge in [-0.2, -0.15) is 0 Å². The third kappa shape index (κ3) is 4.57. The number of nitrogens with zero attached hydrogens (tertiary/aromatic N) is 2. The van der Waals surface area contributed by atoms with Gasteiger partial charge < -0.3 is 9.64 Å². The van der Waals surface area contributed by atoms with Gasteiger partial charge in [-0.05, 0) is 66.6 Å². The molecular formula is C22H24N2O3S. The summed E-state index contributed by atoms with van der Waals surface area (Å²) in [6.07, 6.45) is 1.76. The van der Waals surface area contributed by atoms with E-state index in [1.54, 1.807) is 6.08 Å². The fourth-order valence-electron chi connectivity index (χ4n) is 2.82. The lowest BCUT2D eigenvalue weighted by Crippen LogP contribution is -2.32. The Hall–Kier alpha value is -2.73. The van der Waals surface area contributed by atoms with Gasteiger partial charge >= 0.3 is 0 Å². The number of aryl methyl sites for hydroxylation is 2. The maximum Gasteiger partial charge on any atom is 0.293 e. The molecule has 0 bridgehead atoms. The second-order valence-corrected chi connectivity index (χ2v) is 7.93. The van der Waals surface area contributed by atoms with Crippen molar-refractivity contribution < 1.29 is 14.3 Å². The Labute approximate surface area is 170 Å². The molecular weight excluding hydrogens is 372 g/mol. The van der Waals surface area contributed by atoms with Crippen LogP contribution in [0.1, 0.15) is 16.7 Å². The van der Waals surface area contributed by atoms with Crippen LogP contribution in [-0.4, -0.2) is 43.3 Å². The SMILES string of the molecule is Cc1ccc(C)c(OCCN2C(=O)S/C(=C\c3ccc(N(C)C)cc3)C2=O)c1. The van der Waals surface area contributed by atoms with E-state index in [9.17, 15) is 9.59 Å². The molecule has 6 heteroatoms. The Kier molecular flexibility index (Phi) is 6.09. The normalized spacial score (nSPS) is 15.4. The highest BCUT2D eigenvalue weighted by Gasteiger charge is 2.34. The first-order valence-electron chi connectivity index (χ1n) is 9.08. The Balaban J connectivity index is 1.63. The van der Waals surface area contributed by atoms with Crippen molar-refractivity contribution in [2.75, 3.05) is 32.1 Å². The highest BCUT2D eigenvalue weighted by molar-refractivity contribution is 8.18. The molecule has 2 aromatic rings. The molecule has 1 fully saturated rings. The van der Waals surface area contributed by atoms with E-state index in [4.69, 9.17) is 4.74 Å². The maximum absolute atomic E-state index is 12.6. The first-order chi connectivity index (χ1) is 13.3. The Morgan fingerprint density at radius 1 is 1.07 bits per heavy atom. The number of imide groups is 1. The van der Waals surface area contributed by atoms with E-state index < -0.39 is 0 Å². The third-order valence-electron chi connectivity index (χ3n) is 4.50. The van der Waals surface area contributed by atoms with Crippen LogP contribution in [0.3, 0.4) is 0 Å². The topological polar surface area (TPSA) is 49.9 Å². The lowest BCUT2D eigenvalue weighted by Gasteiger charge is -2.14. The van der Waals surface area contributed by atoms with E-state index in [0.717, 1.165) is 39.9 Å². The number of hydrogen-bond acceptors (Lipinski definition) is 5. The number of thioether (sulfide) groups is 1. The maximum atomic E-state index is 12.6. The molecule has 0 unspecified atom stereocenters. The second-order valence-electron chi connectivity index (χ2n) is 6.94. The Morgan fingerprint density at radius 3 is 2.46 bits per heavy atom. The Morgan fingerprint density at radius 2 is 1.79 bits per heavy atom. The molecule has 28 heavy (non-hydrogen) atoms. The zero-order chi connectivity index (χ0) is 20.3. The van der Waals surface area contributed by atoms with Crippen LogP contribution in [0.2, 0.25) is 0 Å². The molecule has 2 amide bonds. The molecule has 5 nitrogen and oxygen atoms in total. The predicted molar refractivity (Wildman–Crippen MR) is 115 cm³/mol. The predicted octanol–water partition coefficient (Wildman–Crippen LogP) is 4.48. The van der Waals surface area contributed by atoms with E-state index in [1.165, 1.54) is 4.90 Å². The molecule has 0 atom stereocenters. The van der Waals surface area contributed by atoms with Crippen LogP contribution in [0, 0.1) is 13.8 Å². The summed E-state index contributed by atoms with van der Waals surface area (Å²) in [4.78, 5) is 28.6. The summed E-state index contributed by atoms with van der Waals surface area (Å²) in [6.45, 7) is 4.47. The fraction of sp³-hybridized carbons (Fsp3) is 0.273. The van der Waals surface area contributed by atoms with Crippen molar-refractivity contribution >= 4 is 34.7 Å². The number of ether oxygens (including phenoxy) is 1. The highest BCUT2D eigenvalue weighted by atomic mass is 32.2. The number of amides is 2. The molecule has 1 heterocycles. The summed E-state index contributed by atoms with van der Waals surface area (Å²) in [5, 5.41) is -0.259. The summed E-state index contributed by atoms with van der Waals surface area (Å²) >= 11 is 0.972. The minimum Gasteiger partial charge on any atom is -0.491 e. The smallest absolute Gasteiger partial charge is 0.293 e. The number of hydrogen-bond donors (Lipinski definition) is 0. The molecule has 3 rings (SSSR count).